The van der Waals surface area contributed by atoms with Crippen LogP contribution in [0.4, 0.5) is 57.1 Å². The van der Waals surface area contributed by atoms with Gasteiger partial charge >= 0.3 is 35.8 Å². The molecule has 178 valence electrons. The highest BCUT2D eigenvalue weighted by Crippen LogP contribution is 2.62. The van der Waals surface area contributed by atoms with Crippen LogP contribution < -0.4 is 0 Å². The summed E-state index contributed by atoms with van der Waals surface area (Å²) in [4.78, 5) is 0. The number of hydrogen-bond donors (Lipinski definition) is 0. The number of rotatable bonds is 7. The van der Waals surface area contributed by atoms with E-state index in [-0.39, 0.29) is 12.8 Å². The average molecular weight is 488 g/mol. The van der Waals surface area contributed by atoms with Crippen LogP contribution in [0.15, 0.2) is 11.8 Å². The second-order valence-corrected chi connectivity index (χ2v) is 12.2. The zero-order valence-corrected chi connectivity index (χ0v) is 16.6. The van der Waals surface area contributed by atoms with Crippen molar-refractivity contribution in [2.24, 2.45) is 5.92 Å². The van der Waals surface area contributed by atoms with E-state index in [1.54, 1.807) is 0 Å². The molecule has 1 aliphatic rings. The fraction of sp³-hybridized carbons (Fsp3) is 0.867. The molecule has 1 aliphatic carbocycles. The lowest BCUT2D eigenvalue weighted by atomic mass is 9.81. The number of hydrogen-bond acceptors (Lipinski definition) is 1. The minimum Gasteiger partial charge on any atom is -0.547 e. The van der Waals surface area contributed by atoms with Gasteiger partial charge in [-0.3, -0.25) is 0 Å². The Bertz CT molecular complexity index is 660. The van der Waals surface area contributed by atoms with Gasteiger partial charge in [0.15, 0.2) is 0 Å². The van der Waals surface area contributed by atoms with Crippen LogP contribution in [0.3, 0.4) is 0 Å². The molecule has 30 heavy (non-hydrogen) atoms. The van der Waals surface area contributed by atoms with Crippen LogP contribution in [0.1, 0.15) is 19.3 Å². The van der Waals surface area contributed by atoms with E-state index in [4.69, 9.17) is 4.43 Å². The summed E-state index contributed by atoms with van der Waals surface area (Å²) in [6, 6.07) is 0. The van der Waals surface area contributed by atoms with Gasteiger partial charge in [-0.15, -0.1) is 0 Å². The third-order valence-electron chi connectivity index (χ3n) is 4.21. The van der Waals surface area contributed by atoms with E-state index in [1.807, 2.05) is 0 Å². The monoisotopic (exact) mass is 488 g/mol. The highest BCUT2D eigenvalue weighted by molar-refractivity contribution is 6.70. The molecule has 1 nitrogen and oxygen atoms in total. The lowest BCUT2D eigenvalue weighted by Crippen LogP contribution is -2.71. The molecule has 0 aromatic rings. The standard InChI is InChI=1S/C15H17F13OSi/c1-30(2,3)29-9-7-5-4-6-8(9)10(16,17)11(18,19)12(20,21)13(22,23)14(24,25)15(26,27)28/h7-8H,4-6H2,1-3H3. The highest BCUT2D eigenvalue weighted by atomic mass is 28.4. The summed E-state index contributed by atoms with van der Waals surface area (Å²) in [5.41, 5.74) is 0. The van der Waals surface area contributed by atoms with Gasteiger partial charge in [-0.1, -0.05) is 0 Å². The zero-order chi connectivity index (χ0) is 24.2. The van der Waals surface area contributed by atoms with Crippen LogP contribution >= 0.6 is 0 Å². The fourth-order valence-electron chi connectivity index (χ4n) is 2.68. The Kier molecular flexibility index (Phi) is 6.69. The first-order valence-electron chi connectivity index (χ1n) is 8.30. The Hall–Kier alpha value is -1.15. The maximum atomic E-state index is 14.4. The Morgan fingerprint density at radius 2 is 1.17 bits per heavy atom. The molecule has 0 saturated heterocycles. The molecule has 0 heterocycles. The SMILES string of the molecule is C[Si](C)(C)OC1=CCCCC1C(F)(F)C(F)(F)C(F)(F)C(F)(F)C(F)(F)C(F)(F)F. The van der Waals surface area contributed by atoms with Crippen molar-refractivity contribution in [1.29, 1.82) is 0 Å². The van der Waals surface area contributed by atoms with Crippen LogP contribution in [0.2, 0.25) is 19.6 Å². The van der Waals surface area contributed by atoms with Crippen molar-refractivity contribution >= 4 is 8.32 Å². The second kappa shape index (κ2) is 7.47. The average Bonchev–Trinajstić information content (AvgIpc) is 2.51. The molecule has 1 rings (SSSR count). The van der Waals surface area contributed by atoms with E-state index in [0.29, 0.717) is 0 Å². The van der Waals surface area contributed by atoms with Gasteiger partial charge in [-0.2, -0.15) is 57.1 Å². The van der Waals surface area contributed by atoms with E-state index >= 15 is 0 Å². The van der Waals surface area contributed by atoms with E-state index in [0.717, 1.165) is 6.08 Å². The van der Waals surface area contributed by atoms with Gasteiger partial charge < -0.3 is 4.43 Å². The van der Waals surface area contributed by atoms with Crippen LogP contribution in [-0.2, 0) is 4.43 Å². The maximum Gasteiger partial charge on any atom is 0.460 e. The quantitative estimate of drug-likeness (QED) is 0.271. The predicted octanol–water partition coefficient (Wildman–Crippen LogP) is 7.26. The molecule has 0 bridgehead atoms. The number of allylic oxidation sites excluding steroid dienone is 2. The van der Waals surface area contributed by atoms with Crippen molar-refractivity contribution in [3.05, 3.63) is 11.8 Å². The van der Waals surface area contributed by atoms with Crippen molar-refractivity contribution in [3.8, 4) is 0 Å². The largest absolute Gasteiger partial charge is 0.547 e. The Labute approximate surface area is 163 Å². The second-order valence-electron chi connectivity index (χ2n) is 7.72. The minimum atomic E-state index is -7.89. The molecule has 0 spiro atoms. The van der Waals surface area contributed by atoms with Crippen molar-refractivity contribution in [3.63, 3.8) is 0 Å². The molecule has 0 fully saturated rings. The van der Waals surface area contributed by atoms with E-state index in [2.05, 4.69) is 0 Å². The summed E-state index contributed by atoms with van der Waals surface area (Å²) in [5.74, 6) is -40.7. The summed E-state index contributed by atoms with van der Waals surface area (Å²) >= 11 is 0. The summed E-state index contributed by atoms with van der Waals surface area (Å²) in [7, 11) is -2.81. The normalized spacial score (nSPS) is 20.8. The number of halogens is 13. The van der Waals surface area contributed by atoms with E-state index in [9.17, 15) is 57.1 Å². The summed E-state index contributed by atoms with van der Waals surface area (Å²) in [6.07, 6.45) is -7.86. The molecule has 0 amide bonds. The molecule has 0 radical (unpaired) electrons. The lowest BCUT2D eigenvalue weighted by Gasteiger charge is -2.43. The van der Waals surface area contributed by atoms with Gasteiger partial charge in [0.2, 0.25) is 8.32 Å². The Morgan fingerprint density at radius 1 is 0.733 bits per heavy atom. The minimum absolute atomic E-state index is 0.0172. The predicted molar refractivity (Wildman–Crippen MR) is 80.6 cm³/mol. The lowest BCUT2D eigenvalue weighted by molar-refractivity contribution is -0.442. The van der Waals surface area contributed by atoms with Gasteiger partial charge in [0.25, 0.3) is 0 Å². The molecular weight excluding hydrogens is 471 g/mol. The van der Waals surface area contributed by atoms with Gasteiger partial charge in [0, 0.05) is 0 Å². The molecule has 0 aromatic carbocycles. The van der Waals surface area contributed by atoms with Gasteiger partial charge in [0.1, 0.15) is 0 Å². The highest BCUT2D eigenvalue weighted by Gasteiger charge is 2.91. The van der Waals surface area contributed by atoms with Gasteiger partial charge in [-0.05, 0) is 45.0 Å². The van der Waals surface area contributed by atoms with E-state index < -0.39 is 62.2 Å². The molecule has 1 atom stereocenters. The first-order chi connectivity index (χ1) is 13.0. The van der Waals surface area contributed by atoms with Crippen molar-refractivity contribution in [2.45, 2.75) is 74.7 Å². The fourth-order valence-corrected chi connectivity index (χ4v) is 3.61. The third-order valence-corrected chi connectivity index (χ3v) is 5.05. The molecule has 0 aliphatic heterocycles. The maximum absolute atomic E-state index is 14.4. The van der Waals surface area contributed by atoms with Gasteiger partial charge in [-0.25, -0.2) is 0 Å². The van der Waals surface area contributed by atoms with Crippen molar-refractivity contribution in [2.75, 3.05) is 0 Å². The molecule has 15 heteroatoms. The molecule has 1 unspecified atom stereocenters. The topological polar surface area (TPSA) is 9.23 Å². The number of alkyl halides is 13. The summed E-state index contributed by atoms with van der Waals surface area (Å²) in [6.45, 7) is 4.17. The first kappa shape index (κ1) is 26.9. The van der Waals surface area contributed by atoms with Crippen LogP contribution in [0.5, 0.6) is 0 Å². The van der Waals surface area contributed by atoms with Crippen molar-refractivity contribution < 1.29 is 61.5 Å². The van der Waals surface area contributed by atoms with Crippen LogP contribution in [0.25, 0.3) is 0 Å². The molecule has 0 N–H and O–H groups in total. The molecule has 0 aromatic heterocycles. The Morgan fingerprint density at radius 3 is 1.57 bits per heavy atom. The summed E-state index contributed by atoms with van der Waals surface area (Å²) < 4.78 is 178. The van der Waals surface area contributed by atoms with Gasteiger partial charge in [0.05, 0.1) is 11.7 Å². The first-order valence-corrected chi connectivity index (χ1v) is 11.7. The molecular formula is C15H17F13OSi. The Balaban J connectivity index is 3.52. The van der Waals surface area contributed by atoms with Crippen molar-refractivity contribution in [1.82, 2.24) is 0 Å². The van der Waals surface area contributed by atoms with Crippen LogP contribution in [0, 0.1) is 5.92 Å². The summed E-state index contributed by atoms with van der Waals surface area (Å²) in [5, 5.41) is 0. The molecule has 0 saturated carbocycles. The smallest absolute Gasteiger partial charge is 0.460 e. The zero-order valence-electron chi connectivity index (χ0n) is 15.6. The van der Waals surface area contributed by atoms with E-state index in [1.165, 1.54) is 19.6 Å². The third kappa shape index (κ3) is 4.14. The van der Waals surface area contributed by atoms with Crippen LogP contribution in [-0.4, -0.2) is 44.1 Å².